The molecule has 0 atom stereocenters. The molecule has 4 rings (SSSR count). The lowest BCUT2D eigenvalue weighted by Crippen LogP contribution is -2.45. The van der Waals surface area contributed by atoms with Gasteiger partial charge in [0.25, 0.3) is 0 Å². The summed E-state index contributed by atoms with van der Waals surface area (Å²) in [6.07, 6.45) is 2.20. The van der Waals surface area contributed by atoms with Gasteiger partial charge in [-0.2, -0.15) is 0 Å². The summed E-state index contributed by atoms with van der Waals surface area (Å²) in [6, 6.07) is 27.6. The van der Waals surface area contributed by atoms with Crippen molar-refractivity contribution in [3.63, 3.8) is 0 Å². The van der Waals surface area contributed by atoms with Gasteiger partial charge in [-0.05, 0) is 61.9 Å². The van der Waals surface area contributed by atoms with Crippen LogP contribution in [-0.4, -0.2) is 42.0 Å². The molecule has 0 radical (unpaired) electrons. The van der Waals surface area contributed by atoms with Gasteiger partial charge < -0.3 is 9.80 Å². The lowest BCUT2D eigenvalue weighted by atomic mass is 10.1. The molecule has 5 heteroatoms. The van der Waals surface area contributed by atoms with Crippen molar-refractivity contribution in [2.45, 2.75) is 23.6 Å². The van der Waals surface area contributed by atoms with Crippen molar-refractivity contribution in [2.75, 3.05) is 37.8 Å². The molecule has 0 saturated heterocycles. The molecule has 3 nitrogen and oxygen atoms in total. The lowest BCUT2D eigenvalue weighted by Gasteiger charge is -2.31. The molecule has 33 heavy (non-hydrogen) atoms. The van der Waals surface area contributed by atoms with Gasteiger partial charge in [-0.3, -0.25) is 0 Å². The van der Waals surface area contributed by atoms with Crippen molar-refractivity contribution in [3.05, 3.63) is 90.5 Å². The van der Waals surface area contributed by atoms with Crippen molar-refractivity contribution in [2.24, 2.45) is 4.99 Å². The van der Waals surface area contributed by atoms with Gasteiger partial charge >= 0.3 is 0 Å². The number of aliphatic imine (C=N–C) groups is 1. The second-order valence-corrected chi connectivity index (χ2v) is 10.7. The third kappa shape index (κ3) is 6.32. The minimum atomic E-state index is 0.991. The number of nitrogens with zero attached hydrogens (tertiary/aromatic N) is 2. The molecule has 0 bridgehead atoms. The standard InChI is InChI=1S/C28H32N3S2/c1-4-31(3,5-2)19-20-32-28-21-27(29-25-13-9-10-14-26(25)30-28)22-15-17-24(18-16-22)33-23-11-7-6-8-12-23/h6-18,21,29H,4-5,19-20H2,1-3H3/q+1. The molecule has 1 N–H and O–H groups in total. The molecule has 1 heterocycles. The Morgan fingerprint density at radius 2 is 1.48 bits per heavy atom. The Morgan fingerprint density at radius 1 is 0.818 bits per heavy atom. The first-order valence-corrected chi connectivity index (χ1v) is 13.3. The fraction of sp³-hybridized carbons (Fsp3) is 0.250. The number of rotatable bonds is 8. The van der Waals surface area contributed by atoms with E-state index >= 15 is 0 Å². The monoisotopic (exact) mass is 474 g/mol. The summed E-state index contributed by atoms with van der Waals surface area (Å²) in [5.74, 6) is 1.05. The molecular weight excluding hydrogens is 442 g/mol. The molecule has 0 aliphatic carbocycles. The molecule has 0 amide bonds. The molecule has 0 aromatic heterocycles. The van der Waals surface area contributed by atoms with E-state index in [1.54, 1.807) is 11.8 Å². The fourth-order valence-corrected chi connectivity index (χ4v) is 5.54. The molecule has 0 unspecified atom stereocenters. The van der Waals surface area contributed by atoms with Crippen LogP contribution >= 0.6 is 23.5 Å². The van der Waals surface area contributed by atoms with E-state index in [2.05, 4.69) is 111 Å². The van der Waals surface area contributed by atoms with Crippen LogP contribution in [0.3, 0.4) is 0 Å². The topological polar surface area (TPSA) is 24.4 Å². The van der Waals surface area contributed by atoms with Gasteiger partial charge in [0.2, 0.25) is 0 Å². The normalized spacial score (nSPS) is 13.4. The molecule has 3 aromatic rings. The molecule has 3 aromatic carbocycles. The second kappa shape index (κ2) is 11.1. The van der Waals surface area contributed by atoms with E-state index < -0.39 is 0 Å². The van der Waals surface area contributed by atoms with Crippen LogP contribution in [0.5, 0.6) is 0 Å². The summed E-state index contributed by atoms with van der Waals surface area (Å²) in [4.78, 5) is 7.48. The van der Waals surface area contributed by atoms with E-state index in [0.29, 0.717) is 0 Å². The minimum Gasteiger partial charge on any atom is -0.353 e. The molecule has 1 aliphatic rings. The second-order valence-electron chi connectivity index (χ2n) is 8.41. The Hall–Kier alpha value is -2.47. The molecule has 1 aliphatic heterocycles. The zero-order valence-electron chi connectivity index (χ0n) is 19.6. The summed E-state index contributed by atoms with van der Waals surface area (Å²) < 4.78 is 1.09. The quantitative estimate of drug-likeness (QED) is 0.341. The van der Waals surface area contributed by atoms with Crippen molar-refractivity contribution < 1.29 is 4.48 Å². The van der Waals surface area contributed by atoms with Gasteiger partial charge in [0.15, 0.2) is 0 Å². The number of para-hydroxylation sites is 2. The lowest BCUT2D eigenvalue weighted by molar-refractivity contribution is -0.903. The molecule has 0 saturated carbocycles. The van der Waals surface area contributed by atoms with Crippen LogP contribution in [0, 0.1) is 0 Å². The highest BCUT2D eigenvalue weighted by atomic mass is 32.2. The van der Waals surface area contributed by atoms with Crippen LogP contribution in [0.2, 0.25) is 0 Å². The van der Waals surface area contributed by atoms with Gasteiger partial charge in [-0.15, -0.1) is 11.8 Å². The predicted octanol–water partition coefficient (Wildman–Crippen LogP) is 7.55. The number of thioether (sulfide) groups is 1. The Labute approximate surface area is 206 Å². The molecule has 170 valence electrons. The van der Waals surface area contributed by atoms with Gasteiger partial charge in [0, 0.05) is 21.2 Å². The van der Waals surface area contributed by atoms with Gasteiger partial charge in [-0.25, -0.2) is 4.99 Å². The first-order chi connectivity index (χ1) is 16.1. The van der Waals surface area contributed by atoms with Gasteiger partial charge in [-0.1, -0.05) is 54.2 Å². The highest BCUT2D eigenvalue weighted by Crippen LogP contribution is 2.34. The first kappa shape index (κ1) is 23.7. The van der Waals surface area contributed by atoms with Crippen LogP contribution in [0.15, 0.2) is 99.7 Å². The van der Waals surface area contributed by atoms with Crippen molar-refractivity contribution in [1.82, 2.24) is 0 Å². The summed E-state index contributed by atoms with van der Waals surface area (Å²) >= 11 is 3.63. The maximum atomic E-state index is 4.99. The average molecular weight is 475 g/mol. The number of quaternary nitrogens is 1. The van der Waals surface area contributed by atoms with Crippen LogP contribution in [0.25, 0.3) is 5.70 Å². The van der Waals surface area contributed by atoms with Crippen LogP contribution in [0.1, 0.15) is 19.4 Å². The zero-order chi connectivity index (χ0) is 23.1. The van der Waals surface area contributed by atoms with Crippen LogP contribution in [0.4, 0.5) is 11.4 Å². The molecule has 0 spiro atoms. The number of hydrogen-bond donors (Lipinski definition) is 1. The number of hydrogen-bond acceptors (Lipinski definition) is 4. The molecule has 0 fully saturated rings. The van der Waals surface area contributed by atoms with E-state index in [4.69, 9.17) is 4.99 Å². The van der Waals surface area contributed by atoms with Crippen LogP contribution in [-0.2, 0) is 0 Å². The van der Waals surface area contributed by atoms with Crippen molar-refractivity contribution in [1.29, 1.82) is 0 Å². The summed E-state index contributed by atoms with van der Waals surface area (Å²) in [7, 11) is 2.34. The number of fused-ring (bicyclic) bond motifs is 1. The van der Waals surface area contributed by atoms with Crippen molar-refractivity contribution in [3.8, 4) is 0 Å². The maximum absolute atomic E-state index is 4.99. The average Bonchev–Trinajstić information content (AvgIpc) is 3.04. The third-order valence-electron chi connectivity index (χ3n) is 6.22. The predicted molar refractivity (Wildman–Crippen MR) is 147 cm³/mol. The molecular formula is C28H32N3S2+. The highest BCUT2D eigenvalue weighted by Gasteiger charge is 2.18. The smallest absolute Gasteiger partial charge is 0.0991 e. The summed E-state index contributed by atoms with van der Waals surface area (Å²) in [5.41, 5.74) is 4.29. The van der Waals surface area contributed by atoms with Crippen LogP contribution < -0.4 is 5.32 Å². The van der Waals surface area contributed by atoms with E-state index in [0.717, 1.165) is 52.0 Å². The Morgan fingerprint density at radius 3 is 2.21 bits per heavy atom. The fourth-order valence-electron chi connectivity index (χ4n) is 3.60. The van der Waals surface area contributed by atoms with E-state index in [9.17, 15) is 0 Å². The number of nitrogens with one attached hydrogen (secondary N) is 1. The van der Waals surface area contributed by atoms with Crippen molar-refractivity contribution >= 4 is 45.6 Å². The van der Waals surface area contributed by atoms with Gasteiger partial charge in [0.1, 0.15) is 0 Å². The third-order valence-corrected chi connectivity index (χ3v) is 8.13. The van der Waals surface area contributed by atoms with E-state index in [1.807, 2.05) is 11.8 Å². The Kier molecular flexibility index (Phi) is 7.97. The van der Waals surface area contributed by atoms with E-state index in [1.165, 1.54) is 15.4 Å². The largest absolute Gasteiger partial charge is 0.353 e. The summed E-state index contributed by atoms with van der Waals surface area (Å²) in [6.45, 7) is 8.00. The van der Waals surface area contributed by atoms with E-state index in [-0.39, 0.29) is 0 Å². The Balaban J connectivity index is 1.54. The number of benzene rings is 3. The number of anilines is 1. The zero-order valence-corrected chi connectivity index (χ0v) is 21.3. The Bertz CT molecular complexity index is 1120. The summed E-state index contributed by atoms with van der Waals surface area (Å²) in [5, 5.41) is 4.69. The maximum Gasteiger partial charge on any atom is 0.0991 e. The minimum absolute atomic E-state index is 0.991. The highest BCUT2D eigenvalue weighted by molar-refractivity contribution is 8.14. The first-order valence-electron chi connectivity index (χ1n) is 11.5. The van der Waals surface area contributed by atoms with Gasteiger partial charge in [0.05, 0.1) is 43.1 Å². The SMILES string of the molecule is CC[N+](C)(CC)CCSC1=Nc2ccccc2NC(c2ccc(Sc3ccccc3)cc2)=C1.